The van der Waals surface area contributed by atoms with Crippen molar-refractivity contribution in [2.24, 2.45) is 0 Å². The second kappa shape index (κ2) is 12.4. The van der Waals surface area contributed by atoms with Gasteiger partial charge in [-0.05, 0) is 46.7 Å². The van der Waals surface area contributed by atoms with Gasteiger partial charge in [-0.15, -0.1) is 0 Å². The third kappa shape index (κ3) is 8.04. The van der Waals surface area contributed by atoms with Crippen molar-refractivity contribution >= 4 is 5.91 Å². The zero-order valence-corrected chi connectivity index (χ0v) is 19.6. The first-order valence-corrected chi connectivity index (χ1v) is 11.6. The number of halogens is 2. The van der Waals surface area contributed by atoms with E-state index in [0.717, 1.165) is 17.2 Å². The van der Waals surface area contributed by atoms with Gasteiger partial charge in [-0.1, -0.05) is 68.4 Å². The van der Waals surface area contributed by atoms with Crippen LogP contribution in [0.1, 0.15) is 42.0 Å². The maximum Gasteiger partial charge on any atom is 0.224 e. The molecule has 0 aromatic heterocycles. The minimum atomic E-state index is -0.956. The maximum atomic E-state index is 13.7. The molecule has 1 amide bonds. The Hall–Kier alpha value is -3.09. The van der Waals surface area contributed by atoms with E-state index in [9.17, 15) is 18.7 Å². The first kappa shape index (κ1) is 25.5. The summed E-state index contributed by atoms with van der Waals surface area (Å²) in [5, 5.41) is 16.9. The van der Waals surface area contributed by atoms with E-state index in [4.69, 9.17) is 0 Å². The molecule has 0 radical (unpaired) electrons. The van der Waals surface area contributed by atoms with Crippen LogP contribution in [0.3, 0.4) is 0 Å². The van der Waals surface area contributed by atoms with Crippen LogP contribution in [0.25, 0.3) is 0 Å². The average Bonchev–Trinajstić information content (AvgIpc) is 2.79. The third-order valence-electron chi connectivity index (χ3n) is 5.73. The van der Waals surface area contributed by atoms with Gasteiger partial charge in [0.2, 0.25) is 5.91 Å². The number of nitrogens with one attached hydrogen (secondary N) is 2. The molecule has 0 aliphatic carbocycles. The summed E-state index contributed by atoms with van der Waals surface area (Å²) in [4.78, 5) is 12.8. The van der Waals surface area contributed by atoms with Gasteiger partial charge in [0, 0.05) is 19.2 Å². The second-order valence-electron chi connectivity index (χ2n) is 8.91. The predicted molar refractivity (Wildman–Crippen MR) is 130 cm³/mol. The molecule has 34 heavy (non-hydrogen) atoms. The Bertz CT molecular complexity index is 1040. The van der Waals surface area contributed by atoms with E-state index < -0.39 is 23.8 Å². The van der Waals surface area contributed by atoms with Crippen LogP contribution in [-0.4, -0.2) is 29.7 Å². The molecule has 0 unspecified atom stereocenters. The van der Waals surface area contributed by atoms with Crippen molar-refractivity contribution in [2.75, 3.05) is 6.54 Å². The normalized spacial score (nSPS) is 13.0. The number of amides is 1. The van der Waals surface area contributed by atoms with Gasteiger partial charge in [0.1, 0.15) is 11.6 Å². The Morgan fingerprint density at radius 3 is 2.15 bits per heavy atom. The van der Waals surface area contributed by atoms with Crippen molar-refractivity contribution in [1.29, 1.82) is 0 Å². The van der Waals surface area contributed by atoms with Crippen LogP contribution < -0.4 is 10.6 Å². The number of benzene rings is 3. The van der Waals surface area contributed by atoms with E-state index in [2.05, 4.69) is 24.5 Å². The molecule has 0 aliphatic heterocycles. The quantitative estimate of drug-likeness (QED) is 0.390. The lowest BCUT2D eigenvalue weighted by molar-refractivity contribution is -0.122. The molecule has 0 saturated heterocycles. The molecule has 6 heteroatoms. The fraction of sp³-hybridized carbons (Fsp3) is 0.321. The molecule has 2 atom stereocenters. The molecule has 0 saturated carbocycles. The van der Waals surface area contributed by atoms with E-state index in [1.54, 1.807) is 0 Å². The van der Waals surface area contributed by atoms with Crippen molar-refractivity contribution in [3.8, 4) is 0 Å². The highest BCUT2D eigenvalue weighted by molar-refractivity contribution is 5.79. The summed E-state index contributed by atoms with van der Waals surface area (Å²) in [6.45, 7) is 4.97. The number of rotatable bonds is 11. The van der Waals surface area contributed by atoms with E-state index in [-0.39, 0.29) is 25.3 Å². The summed E-state index contributed by atoms with van der Waals surface area (Å²) in [5.41, 5.74) is 3.47. The minimum absolute atomic E-state index is 0.0981. The molecule has 0 heterocycles. The topological polar surface area (TPSA) is 61.4 Å². The van der Waals surface area contributed by atoms with Crippen LogP contribution in [0.2, 0.25) is 0 Å². The molecule has 3 aromatic carbocycles. The van der Waals surface area contributed by atoms with Gasteiger partial charge < -0.3 is 15.7 Å². The highest BCUT2D eigenvalue weighted by Gasteiger charge is 2.22. The molecule has 3 N–H and O–H groups in total. The van der Waals surface area contributed by atoms with E-state index in [1.165, 1.54) is 17.7 Å². The molecule has 180 valence electrons. The molecule has 0 fully saturated rings. The lowest BCUT2D eigenvalue weighted by Crippen LogP contribution is -2.49. The monoisotopic (exact) mass is 466 g/mol. The summed E-state index contributed by atoms with van der Waals surface area (Å²) in [6.07, 6.45) is -0.709. The van der Waals surface area contributed by atoms with Gasteiger partial charge in [0.25, 0.3) is 0 Å². The Labute approximate surface area is 200 Å². The Morgan fingerprint density at radius 2 is 1.53 bits per heavy atom. The van der Waals surface area contributed by atoms with Crippen LogP contribution in [0.5, 0.6) is 0 Å². The highest BCUT2D eigenvalue weighted by Crippen LogP contribution is 2.16. The molecule has 0 spiro atoms. The van der Waals surface area contributed by atoms with Gasteiger partial charge in [0.05, 0.1) is 18.6 Å². The largest absolute Gasteiger partial charge is 0.390 e. The molecule has 0 bridgehead atoms. The van der Waals surface area contributed by atoms with Crippen molar-refractivity contribution in [2.45, 2.75) is 51.3 Å². The van der Waals surface area contributed by atoms with Gasteiger partial charge in [0.15, 0.2) is 0 Å². The van der Waals surface area contributed by atoms with E-state index in [0.29, 0.717) is 18.0 Å². The van der Waals surface area contributed by atoms with Crippen molar-refractivity contribution in [3.63, 3.8) is 0 Å². The third-order valence-corrected chi connectivity index (χ3v) is 5.73. The Morgan fingerprint density at radius 1 is 0.882 bits per heavy atom. The van der Waals surface area contributed by atoms with Gasteiger partial charge in [-0.25, -0.2) is 8.78 Å². The first-order chi connectivity index (χ1) is 16.3. The van der Waals surface area contributed by atoms with E-state index >= 15 is 0 Å². The zero-order chi connectivity index (χ0) is 24.5. The van der Waals surface area contributed by atoms with Crippen LogP contribution in [0.4, 0.5) is 8.78 Å². The number of carbonyl (C=O) groups excluding carboxylic acids is 1. The number of hydrogen-bond acceptors (Lipinski definition) is 3. The van der Waals surface area contributed by atoms with Gasteiger partial charge in [-0.3, -0.25) is 4.79 Å². The summed E-state index contributed by atoms with van der Waals surface area (Å²) in [7, 11) is 0. The molecule has 3 aromatic rings. The van der Waals surface area contributed by atoms with Crippen molar-refractivity contribution < 1.29 is 18.7 Å². The van der Waals surface area contributed by atoms with Gasteiger partial charge >= 0.3 is 0 Å². The number of aliphatic hydroxyl groups excluding tert-OH is 1. The lowest BCUT2D eigenvalue weighted by atomic mass is 9.99. The van der Waals surface area contributed by atoms with Crippen molar-refractivity contribution in [1.82, 2.24) is 10.6 Å². The fourth-order valence-electron chi connectivity index (χ4n) is 3.83. The van der Waals surface area contributed by atoms with E-state index in [1.807, 2.05) is 54.6 Å². The summed E-state index contributed by atoms with van der Waals surface area (Å²) >= 11 is 0. The van der Waals surface area contributed by atoms with Crippen LogP contribution in [-0.2, 0) is 24.2 Å². The maximum absolute atomic E-state index is 13.7. The SMILES string of the molecule is CC(C)c1ccc(CC(=O)N[C@@H](Cc2cc(F)cc(F)c2)[C@H](O)CNCc2ccccc2)cc1. The smallest absolute Gasteiger partial charge is 0.224 e. The number of hydrogen-bond donors (Lipinski definition) is 3. The van der Waals surface area contributed by atoms with Gasteiger partial charge in [-0.2, -0.15) is 0 Å². The summed E-state index contributed by atoms with van der Waals surface area (Å²) < 4.78 is 27.4. The minimum Gasteiger partial charge on any atom is -0.390 e. The zero-order valence-electron chi connectivity index (χ0n) is 19.6. The molecular weight excluding hydrogens is 434 g/mol. The molecular formula is C28H32F2N2O2. The summed E-state index contributed by atoms with van der Waals surface area (Å²) in [6, 6.07) is 20.1. The average molecular weight is 467 g/mol. The fourth-order valence-corrected chi connectivity index (χ4v) is 3.83. The predicted octanol–water partition coefficient (Wildman–Crippen LogP) is 4.51. The molecule has 4 nitrogen and oxygen atoms in total. The number of carbonyl (C=O) groups is 1. The number of aliphatic hydroxyl groups is 1. The van der Waals surface area contributed by atoms with Crippen LogP contribution >= 0.6 is 0 Å². The standard InChI is InChI=1S/C28H32F2N2O2/c1-19(2)23-10-8-20(9-11-23)15-28(34)32-26(14-22-12-24(29)16-25(30)13-22)27(33)18-31-17-21-6-4-3-5-7-21/h3-13,16,19,26-27,31,33H,14-15,17-18H2,1-2H3,(H,32,34)/t26-,27+/m0/s1. The van der Waals surface area contributed by atoms with Crippen molar-refractivity contribution in [3.05, 3.63) is 107 Å². The van der Waals surface area contributed by atoms with Crippen LogP contribution in [0, 0.1) is 11.6 Å². The lowest BCUT2D eigenvalue weighted by Gasteiger charge is -2.25. The Balaban J connectivity index is 1.66. The molecule has 3 rings (SSSR count). The summed E-state index contributed by atoms with van der Waals surface area (Å²) in [5.74, 6) is -1.25. The second-order valence-corrected chi connectivity index (χ2v) is 8.91. The molecule has 0 aliphatic rings. The Kier molecular flexibility index (Phi) is 9.31. The first-order valence-electron chi connectivity index (χ1n) is 11.6. The highest BCUT2D eigenvalue weighted by atomic mass is 19.1. The van der Waals surface area contributed by atoms with Crippen LogP contribution in [0.15, 0.2) is 72.8 Å².